The van der Waals surface area contributed by atoms with Crippen molar-refractivity contribution < 1.29 is 9.59 Å². The van der Waals surface area contributed by atoms with Crippen LogP contribution in [0.4, 0.5) is 0 Å². The topological polar surface area (TPSA) is 49.4 Å². The number of amides is 2. The van der Waals surface area contributed by atoms with Crippen molar-refractivity contribution in [2.75, 3.05) is 5.75 Å². The smallest absolute Gasteiger partial charge is 0.243 e. The highest BCUT2D eigenvalue weighted by atomic mass is 35.5. The van der Waals surface area contributed by atoms with Gasteiger partial charge in [0.2, 0.25) is 11.8 Å². The van der Waals surface area contributed by atoms with Crippen LogP contribution in [0.15, 0.2) is 78.9 Å². The second-order valence-corrected chi connectivity index (χ2v) is 10.8. The van der Waals surface area contributed by atoms with Gasteiger partial charge in [-0.1, -0.05) is 89.9 Å². The van der Waals surface area contributed by atoms with Crippen molar-refractivity contribution in [3.8, 4) is 0 Å². The monoisotopic (exact) mass is 542 g/mol. The Kier molecular flexibility index (Phi) is 11.2. The summed E-state index contributed by atoms with van der Waals surface area (Å²) in [5, 5.41) is 3.88. The summed E-state index contributed by atoms with van der Waals surface area (Å²) in [5.41, 5.74) is 3.04. The molecule has 0 radical (unpaired) electrons. The fourth-order valence-corrected chi connectivity index (χ4v) is 5.05. The van der Waals surface area contributed by atoms with Crippen molar-refractivity contribution in [1.29, 1.82) is 0 Å². The molecule has 4 nitrogen and oxygen atoms in total. The number of nitrogens with zero attached hydrogens (tertiary/aromatic N) is 1. The number of hydrogen-bond donors (Lipinski definition) is 1. The van der Waals surface area contributed by atoms with E-state index in [1.165, 1.54) is 5.56 Å². The largest absolute Gasteiger partial charge is 0.352 e. The van der Waals surface area contributed by atoms with E-state index in [-0.39, 0.29) is 24.4 Å². The fraction of sp³-hybridized carbons (Fsp3) is 0.310. The van der Waals surface area contributed by atoms with E-state index in [4.69, 9.17) is 23.2 Å². The molecule has 36 heavy (non-hydrogen) atoms. The van der Waals surface area contributed by atoms with E-state index in [2.05, 4.69) is 17.4 Å². The molecule has 7 heteroatoms. The van der Waals surface area contributed by atoms with E-state index in [0.29, 0.717) is 28.6 Å². The molecule has 190 valence electrons. The molecule has 1 atom stereocenters. The molecule has 0 unspecified atom stereocenters. The van der Waals surface area contributed by atoms with Gasteiger partial charge in [0, 0.05) is 36.9 Å². The highest BCUT2D eigenvalue weighted by Crippen LogP contribution is 2.25. The summed E-state index contributed by atoms with van der Waals surface area (Å²) in [7, 11) is 0. The molecule has 0 aliphatic heterocycles. The van der Waals surface area contributed by atoms with Gasteiger partial charge < -0.3 is 10.2 Å². The standard InChI is InChI=1S/C29H32Cl2N2O2S/c1-21(2)32-29(35)27(18-22-9-5-3-6-10-22)33(19-24-13-14-25(30)26(31)17-24)28(34)15-16-36-20-23-11-7-4-8-12-23/h3-14,17,21,27H,15-16,18-20H2,1-2H3,(H,32,35)/t27-/m0/s1. The average Bonchev–Trinajstić information content (AvgIpc) is 2.86. The molecule has 0 aliphatic rings. The molecule has 0 saturated heterocycles. The van der Waals surface area contributed by atoms with Crippen LogP contribution in [-0.4, -0.2) is 34.6 Å². The Hall–Kier alpha value is -2.47. The molecule has 0 aromatic heterocycles. The van der Waals surface area contributed by atoms with Gasteiger partial charge in [0.05, 0.1) is 10.0 Å². The number of hydrogen-bond acceptors (Lipinski definition) is 3. The highest BCUT2D eigenvalue weighted by molar-refractivity contribution is 7.98. The predicted molar refractivity (Wildman–Crippen MR) is 151 cm³/mol. The van der Waals surface area contributed by atoms with Gasteiger partial charge in [-0.3, -0.25) is 9.59 Å². The van der Waals surface area contributed by atoms with Gasteiger partial charge in [-0.25, -0.2) is 0 Å². The van der Waals surface area contributed by atoms with Gasteiger partial charge in [0.1, 0.15) is 6.04 Å². The second kappa shape index (κ2) is 14.3. The van der Waals surface area contributed by atoms with Crippen LogP contribution >= 0.6 is 35.0 Å². The SMILES string of the molecule is CC(C)NC(=O)[C@H](Cc1ccccc1)N(Cc1ccc(Cl)c(Cl)c1)C(=O)CCSCc1ccccc1. The van der Waals surface area contributed by atoms with E-state index in [1.54, 1.807) is 28.8 Å². The van der Waals surface area contributed by atoms with E-state index in [1.807, 2.05) is 68.4 Å². The van der Waals surface area contributed by atoms with Crippen molar-refractivity contribution in [3.63, 3.8) is 0 Å². The number of thioether (sulfide) groups is 1. The fourth-order valence-electron chi connectivity index (χ4n) is 3.84. The molecule has 0 aliphatic carbocycles. The molecule has 3 rings (SSSR count). The van der Waals surface area contributed by atoms with E-state index in [9.17, 15) is 9.59 Å². The van der Waals surface area contributed by atoms with Crippen molar-refractivity contribution in [2.24, 2.45) is 0 Å². The van der Waals surface area contributed by atoms with Gasteiger partial charge in [-0.05, 0) is 42.7 Å². The minimum atomic E-state index is -0.657. The van der Waals surface area contributed by atoms with Crippen LogP contribution in [0, 0.1) is 0 Å². The first kappa shape index (κ1) is 28.1. The van der Waals surface area contributed by atoms with Crippen molar-refractivity contribution in [3.05, 3.63) is 106 Å². The zero-order valence-electron chi connectivity index (χ0n) is 20.6. The van der Waals surface area contributed by atoms with Crippen molar-refractivity contribution >= 4 is 46.8 Å². The zero-order chi connectivity index (χ0) is 25.9. The first-order valence-electron chi connectivity index (χ1n) is 12.0. The van der Waals surface area contributed by atoms with Crippen LogP contribution in [0.25, 0.3) is 0 Å². The molecule has 0 fully saturated rings. The quantitative estimate of drug-likeness (QED) is 0.256. The Morgan fingerprint density at radius 3 is 2.11 bits per heavy atom. The predicted octanol–water partition coefficient (Wildman–Crippen LogP) is 6.78. The van der Waals surface area contributed by atoms with Gasteiger partial charge in [-0.15, -0.1) is 0 Å². The maximum atomic E-state index is 13.6. The van der Waals surface area contributed by atoms with Crippen LogP contribution in [0.1, 0.15) is 37.0 Å². The summed E-state index contributed by atoms with van der Waals surface area (Å²) < 4.78 is 0. The van der Waals surface area contributed by atoms with Gasteiger partial charge in [0.15, 0.2) is 0 Å². The molecule has 2 amide bonds. The normalized spacial score (nSPS) is 11.8. The molecular weight excluding hydrogens is 511 g/mol. The first-order valence-corrected chi connectivity index (χ1v) is 13.9. The summed E-state index contributed by atoms with van der Waals surface area (Å²) in [5.74, 6) is 1.26. The van der Waals surface area contributed by atoms with E-state index >= 15 is 0 Å². The van der Waals surface area contributed by atoms with E-state index in [0.717, 1.165) is 16.9 Å². The maximum absolute atomic E-state index is 13.6. The summed E-state index contributed by atoms with van der Waals surface area (Å²) in [4.78, 5) is 28.7. The summed E-state index contributed by atoms with van der Waals surface area (Å²) in [6, 6.07) is 24.6. The first-order chi connectivity index (χ1) is 17.3. The molecule has 3 aromatic carbocycles. The summed E-state index contributed by atoms with van der Waals surface area (Å²) in [6.45, 7) is 4.10. The lowest BCUT2D eigenvalue weighted by molar-refractivity contribution is -0.141. The van der Waals surface area contributed by atoms with Crippen LogP contribution in [0.3, 0.4) is 0 Å². The molecule has 1 N–H and O–H groups in total. The van der Waals surface area contributed by atoms with E-state index < -0.39 is 6.04 Å². The number of carbonyl (C=O) groups is 2. The second-order valence-electron chi connectivity index (χ2n) is 8.93. The van der Waals surface area contributed by atoms with Crippen LogP contribution in [0.2, 0.25) is 10.0 Å². The molecular formula is C29H32Cl2N2O2S. The van der Waals surface area contributed by atoms with Crippen LogP contribution in [-0.2, 0) is 28.3 Å². The van der Waals surface area contributed by atoms with Crippen molar-refractivity contribution in [2.45, 2.75) is 51.1 Å². The number of halogens is 2. The van der Waals surface area contributed by atoms with Gasteiger partial charge in [0.25, 0.3) is 0 Å². The van der Waals surface area contributed by atoms with Gasteiger partial charge >= 0.3 is 0 Å². The molecule has 0 spiro atoms. The number of benzene rings is 3. The maximum Gasteiger partial charge on any atom is 0.243 e. The Balaban J connectivity index is 1.82. The summed E-state index contributed by atoms with van der Waals surface area (Å²) in [6.07, 6.45) is 0.753. The molecule has 0 bridgehead atoms. The Labute approximate surface area is 228 Å². The lowest BCUT2D eigenvalue weighted by Gasteiger charge is -2.32. The summed E-state index contributed by atoms with van der Waals surface area (Å²) >= 11 is 14.1. The number of nitrogens with one attached hydrogen (secondary N) is 1. The molecule has 0 saturated carbocycles. The third-order valence-electron chi connectivity index (χ3n) is 5.61. The highest BCUT2D eigenvalue weighted by Gasteiger charge is 2.30. The Morgan fingerprint density at radius 1 is 0.861 bits per heavy atom. The minimum Gasteiger partial charge on any atom is -0.352 e. The lowest BCUT2D eigenvalue weighted by atomic mass is 10.0. The molecule has 3 aromatic rings. The third-order valence-corrected chi connectivity index (χ3v) is 7.38. The molecule has 0 heterocycles. The van der Waals surface area contributed by atoms with Crippen molar-refractivity contribution in [1.82, 2.24) is 10.2 Å². The Morgan fingerprint density at radius 2 is 1.50 bits per heavy atom. The number of carbonyl (C=O) groups excluding carboxylic acids is 2. The van der Waals surface area contributed by atoms with Crippen LogP contribution in [0.5, 0.6) is 0 Å². The van der Waals surface area contributed by atoms with Crippen LogP contribution < -0.4 is 5.32 Å². The minimum absolute atomic E-state index is 0.0425. The van der Waals surface area contributed by atoms with Gasteiger partial charge in [-0.2, -0.15) is 11.8 Å². The lowest BCUT2D eigenvalue weighted by Crippen LogP contribution is -2.51. The Bertz CT molecular complexity index is 1130. The third kappa shape index (κ3) is 8.88. The zero-order valence-corrected chi connectivity index (χ0v) is 23.0. The average molecular weight is 544 g/mol. The number of rotatable bonds is 12.